The van der Waals surface area contributed by atoms with Gasteiger partial charge in [0.05, 0.1) is 5.69 Å². The van der Waals surface area contributed by atoms with E-state index in [4.69, 9.17) is 12.2 Å². The number of anilines is 1. The molecule has 0 saturated heterocycles. The zero-order valence-corrected chi connectivity index (χ0v) is 17.2. The summed E-state index contributed by atoms with van der Waals surface area (Å²) in [7, 11) is 0. The maximum absolute atomic E-state index is 11.8. The molecule has 3 aromatic carbocycles. The van der Waals surface area contributed by atoms with Gasteiger partial charge in [0.2, 0.25) is 5.91 Å². The minimum absolute atomic E-state index is 0.122. The first-order chi connectivity index (χ1) is 13.9. The predicted octanol–water partition coefficient (Wildman–Crippen LogP) is 4.35. The maximum atomic E-state index is 11.8. The molecule has 4 rings (SSSR count). The van der Waals surface area contributed by atoms with Gasteiger partial charge in [-0.15, -0.1) is 15.0 Å². The standard InChI is InChI=1S/C22H21N5OS/c1-13(2)21(28)24-22(29)23-17-12-19-18(11-14(17)3)25-27(26-19)20-10-6-8-15-7-4-5-9-16(15)20/h4-13H,1-3H3,(H2,23,24,28,29). The van der Waals surface area contributed by atoms with Crippen LogP contribution in [0.2, 0.25) is 0 Å². The van der Waals surface area contributed by atoms with E-state index >= 15 is 0 Å². The molecule has 0 fully saturated rings. The number of hydrogen-bond donors (Lipinski definition) is 2. The molecule has 0 bridgehead atoms. The van der Waals surface area contributed by atoms with Gasteiger partial charge in [0.15, 0.2) is 5.11 Å². The fourth-order valence-electron chi connectivity index (χ4n) is 3.10. The molecule has 0 saturated carbocycles. The predicted molar refractivity (Wildman–Crippen MR) is 120 cm³/mol. The third-order valence-corrected chi connectivity index (χ3v) is 4.92. The van der Waals surface area contributed by atoms with E-state index < -0.39 is 0 Å². The van der Waals surface area contributed by atoms with Crippen molar-refractivity contribution in [2.45, 2.75) is 20.8 Å². The Morgan fingerprint density at radius 2 is 1.72 bits per heavy atom. The van der Waals surface area contributed by atoms with Crippen molar-refractivity contribution in [3.05, 3.63) is 60.2 Å². The Balaban J connectivity index is 1.68. The van der Waals surface area contributed by atoms with Gasteiger partial charge in [0.1, 0.15) is 11.0 Å². The molecule has 6 nitrogen and oxygen atoms in total. The van der Waals surface area contributed by atoms with Crippen LogP contribution >= 0.6 is 12.2 Å². The van der Waals surface area contributed by atoms with E-state index in [1.165, 1.54) is 0 Å². The number of carbonyl (C=O) groups is 1. The molecule has 0 spiro atoms. The third-order valence-electron chi connectivity index (χ3n) is 4.72. The number of hydrogen-bond acceptors (Lipinski definition) is 4. The molecule has 1 aromatic heterocycles. The Morgan fingerprint density at radius 3 is 2.48 bits per heavy atom. The summed E-state index contributed by atoms with van der Waals surface area (Å²) in [6.07, 6.45) is 0. The number of fused-ring (bicyclic) bond motifs is 2. The van der Waals surface area contributed by atoms with Gasteiger partial charge < -0.3 is 10.6 Å². The Kier molecular flexibility index (Phi) is 4.98. The second-order valence-corrected chi connectivity index (χ2v) is 7.65. The number of aryl methyl sites for hydroxylation is 1. The summed E-state index contributed by atoms with van der Waals surface area (Å²) in [4.78, 5) is 13.5. The van der Waals surface area contributed by atoms with Gasteiger partial charge in [-0.05, 0) is 48.3 Å². The minimum atomic E-state index is -0.140. The van der Waals surface area contributed by atoms with Gasteiger partial charge in [-0.3, -0.25) is 4.79 Å². The van der Waals surface area contributed by atoms with Crippen LogP contribution in [0.15, 0.2) is 54.6 Å². The van der Waals surface area contributed by atoms with Crippen molar-refractivity contribution in [3.8, 4) is 5.69 Å². The van der Waals surface area contributed by atoms with E-state index in [0.717, 1.165) is 38.7 Å². The van der Waals surface area contributed by atoms with Gasteiger partial charge in [-0.25, -0.2) is 0 Å². The first-order valence-corrected chi connectivity index (χ1v) is 9.81. The van der Waals surface area contributed by atoms with E-state index in [9.17, 15) is 4.79 Å². The Bertz CT molecular complexity index is 1240. The second-order valence-electron chi connectivity index (χ2n) is 7.24. The summed E-state index contributed by atoms with van der Waals surface area (Å²) >= 11 is 5.26. The molecule has 1 amide bonds. The number of nitrogens with zero attached hydrogens (tertiary/aromatic N) is 3. The van der Waals surface area contributed by atoms with Gasteiger partial charge in [-0.1, -0.05) is 50.2 Å². The van der Waals surface area contributed by atoms with Crippen LogP contribution < -0.4 is 10.6 Å². The lowest BCUT2D eigenvalue weighted by Crippen LogP contribution is -2.36. The summed E-state index contributed by atoms with van der Waals surface area (Å²) in [5, 5.41) is 17.6. The lowest BCUT2D eigenvalue weighted by molar-refractivity contribution is -0.122. The van der Waals surface area contributed by atoms with Crippen LogP contribution in [-0.4, -0.2) is 26.0 Å². The highest BCUT2D eigenvalue weighted by molar-refractivity contribution is 7.80. The fraction of sp³-hybridized carbons (Fsp3) is 0.182. The average molecular weight is 404 g/mol. The normalized spacial score (nSPS) is 11.2. The highest BCUT2D eigenvalue weighted by Crippen LogP contribution is 2.25. The van der Waals surface area contributed by atoms with Crippen LogP contribution in [0.5, 0.6) is 0 Å². The highest BCUT2D eigenvalue weighted by Gasteiger charge is 2.13. The van der Waals surface area contributed by atoms with Gasteiger partial charge >= 0.3 is 0 Å². The van der Waals surface area contributed by atoms with Crippen LogP contribution in [0.3, 0.4) is 0 Å². The van der Waals surface area contributed by atoms with E-state index in [0.29, 0.717) is 0 Å². The van der Waals surface area contributed by atoms with E-state index in [-0.39, 0.29) is 16.9 Å². The zero-order valence-electron chi connectivity index (χ0n) is 16.4. The monoisotopic (exact) mass is 403 g/mol. The number of benzene rings is 3. The molecular formula is C22H21N5OS. The molecule has 0 aliphatic heterocycles. The second kappa shape index (κ2) is 7.60. The van der Waals surface area contributed by atoms with Crippen molar-refractivity contribution >= 4 is 50.7 Å². The number of aromatic nitrogens is 3. The summed E-state index contributed by atoms with van der Waals surface area (Å²) in [5.41, 5.74) is 4.20. The molecular weight excluding hydrogens is 382 g/mol. The Morgan fingerprint density at radius 1 is 1.03 bits per heavy atom. The van der Waals surface area contributed by atoms with Crippen LogP contribution in [0, 0.1) is 12.8 Å². The molecule has 29 heavy (non-hydrogen) atoms. The van der Waals surface area contributed by atoms with Crippen molar-refractivity contribution in [1.82, 2.24) is 20.3 Å². The first kappa shape index (κ1) is 19.0. The molecule has 0 unspecified atom stereocenters. The molecule has 146 valence electrons. The summed E-state index contributed by atoms with van der Waals surface area (Å²) < 4.78 is 0. The number of carbonyl (C=O) groups excluding carboxylic acids is 1. The van der Waals surface area contributed by atoms with E-state index in [2.05, 4.69) is 39.0 Å². The molecule has 2 N–H and O–H groups in total. The lowest BCUT2D eigenvalue weighted by Gasteiger charge is -2.12. The lowest BCUT2D eigenvalue weighted by atomic mass is 10.1. The third kappa shape index (κ3) is 3.82. The van der Waals surface area contributed by atoms with Crippen LogP contribution in [0.25, 0.3) is 27.5 Å². The van der Waals surface area contributed by atoms with Gasteiger partial charge in [0.25, 0.3) is 0 Å². The maximum Gasteiger partial charge on any atom is 0.228 e. The summed E-state index contributed by atoms with van der Waals surface area (Å²) in [6, 6.07) is 18.1. The Hall–Kier alpha value is -3.32. The van der Waals surface area contributed by atoms with Crippen molar-refractivity contribution < 1.29 is 4.79 Å². The molecule has 7 heteroatoms. The van der Waals surface area contributed by atoms with Gasteiger partial charge in [-0.2, -0.15) is 0 Å². The van der Waals surface area contributed by atoms with Crippen molar-refractivity contribution in [3.63, 3.8) is 0 Å². The first-order valence-electron chi connectivity index (χ1n) is 9.40. The molecule has 0 atom stereocenters. The van der Waals surface area contributed by atoms with Gasteiger partial charge in [0, 0.05) is 17.0 Å². The largest absolute Gasteiger partial charge is 0.332 e. The summed E-state index contributed by atoms with van der Waals surface area (Å²) in [6.45, 7) is 5.60. The van der Waals surface area contributed by atoms with Crippen molar-refractivity contribution in [2.24, 2.45) is 5.92 Å². The minimum Gasteiger partial charge on any atom is -0.332 e. The smallest absolute Gasteiger partial charge is 0.228 e. The van der Waals surface area contributed by atoms with E-state index in [1.54, 1.807) is 4.80 Å². The number of amides is 1. The molecule has 0 radical (unpaired) electrons. The average Bonchev–Trinajstić information content (AvgIpc) is 3.10. The van der Waals surface area contributed by atoms with E-state index in [1.807, 2.05) is 57.2 Å². The quantitative estimate of drug-likeness (QED) is 0.498. The molecule has 0 aliphatic carbocycles. The molecule has 0 aliphatic rings. The highest BCUT2D eigenvalue weighted by atomic mass is 32.1. The van der Waals surface area contributed by atoms with Crippen LogP contribution in [-0.2, 0) is 4.79 Å². The van der Waals surface area contributed by atoms with Crippen LogP contribution in [0.1, 0.15) is 19.4 Å². The molecule has 4 aromatic rings. The number of nitrogens with one attached hydrogen (secondary N) is 2. The number of rotatable bonds is 3. The number of thiocarbonyl (C=S) groups is 1. The molecule has 1 heterocycles. The fourth-order valence-corrected chi connectivity index (χ4v) is 3.31. The SMILES string of the molecule is Cc1cc2nn(-c3cccc4ccccc34)nc2cc1NC(=S)NC(=O)C(C)C. The summed E-state index contributed by atoms with van der Waals surface area (Å²) in [5.74, 6) is -0.262. The topological polar surface area (TPSA) is 71.8 Å². The zero-order chi connectivity index (χ0) is 20.5. The van der Waals surface area contributed by atoms with Crippen molar-refractivity contribution in [2.75, 3.05) is 5.32 Å². The van der Waals surface area contributed by atoms with Crippen molar-refractivity contribution in [1.29, 1.82) is 0 Å². The van der Waals surface area contributed by atoms with Crippen LogP contribution in [0.4, 0.5) is 5.69 Å². The Labute approximate surface area is 173 Å².